The number of anilines is 1. The van der Waals surface area contributed by atoms with E-state index in [0.29, 0.717) is 28.9 Å². The predicted molar refractivity (Wildman–Crippen MR) is 116 cm³/mol. The minimum atomic E-state index is -0.113. The van der Waals surface area contributed by atoms with Gasteiger partial charge in [0.2, 0.25) is 5.91 Å². The number of hydrogen-bond donors (Lipinski definition) is 1. The Hall–Kier alpha value is -2.11. The number of nitrogens with one attached hydrogen (secondary N) is 1. The summed E-state index contributed by atoms with van der Waals surface area (Å²) in [5.41, 5.74) is 1.80. The van der Waals surface area contributed by atoms with Gasteiger partial charge in [0, 0.05) is 17.3 Å². The zero-order chi connectivity index (χ0) is 20.4. The van der Waals surface area contributed by atoms with E-state index in [1.54, 1.807) is 11.3 Å². The molecule has 0 bridgehead atoms. The third-order valence-electron chi connectivity index (χ3n) is 5.64. The van der Waals surface area contributed by atoms with Crippen molar-refractivity contribution in [3.05, 3.63) is 34.5 Å². The number of aromatic nitrogens is 3. The number of thioether (sulfide) groups is 1. The number of hydrogen-bond acceptors (Lipinski definition) is 6. The summed E-state index contributed by atoms with van der Waals surface area (Å²) < 4.78 is 2.05. The molecular weight excluding hydrogens is 402 g/mol. The van der Waals surface area contributed by atoms with Crippen molar-refractivity contribution in [2.75, 3.05) is 11.1 Å². The lowest BCUT2D eigenvalue weighted by Gasteiger charge is -2.20. The Bertz CT molecular complexity index is 967. The number of allylic oxidation sites excluding steroid dienone is 1. The van der Waals surface area contributed by atoms with E-state index >= 15 is 0 Å². The van der Waals surface area contributed by atoms with E-state index in [4.69, 9.17) is 0 Å². The van der Waals surface area contributed by atoms with Crippen molar-refractivity contribution in [1.82, 2.24) is 14.8 Å². The normalized spacial score (nSPS) is 18.1. The van der Waals surface area contributed by atoms with Gasteiger partial charge in [-0.2, -0.15) is 5.26 Å². The monoisotopic (exact) mass is 427 g/mol. The molecule has 0 aliphatic heterocycles. The standard InChI is InChI=1S/C21H25N5OS2/c1-3-9-26-19(14-6-7-14)24-25-21(26)28-12-18(27)23-20-16(11-22)15-8-5-13(4-2)10-17(15)29-20/h3,13-14H,1,4-10,12H2,2H3,(H,23,27). The maximum absolute atomic E-state index is 12.6. The summed E-state index contributed by atoms with van der Waals surface area (Å²) in [6, 6.07) is 2.32. The van der Waals surface area contributed by atoms with Crippen LogP contribution in [0.3, 0.4) is 0 Å². The fourth-order valence-electron chi connectivity index (χ4n) is 3.85. The van der Waals surface area contributed by atoms with E-state index in [0.717, 1.165) is 55.1 Å². The lowest BCUT2D eigenvalue weighted by Crippen LogP contribution is -2.15. The zero-order valence-corrected chi connectivity index (χ0v) is 18.2. The van der Waals surface area contributed by atoms with Gasteiger partial charge in [-0.1, -0.05) is 31.2 Å². The van der Waals surface area contributed by atoms with Crippen molar-refractivity contribution in [3.63, 3.8) is 0 Å². The molecule has 29 heavy (non-hydrogen) atoms. The first-order valence-corrected chi connectivity index (χ1v) is 12.0. The molecule has 152 valence electrons. The summed E-state index contributed by atoms with van der Waals surface area (Å²) in [6.45, 7) is 6.68. The van der Waals surface area contributed by atoms with Crippen LogP contribution in [0.15, 0.2) is 17.8 Å². The van der Waals surface area contributed by atoms with Crippen LogP contribution in [0.2, 0.25) is 0 Å². The second kappa shape index (κ2) is 8.72. The second-order valence-electron chi connectivity index (χ2n) is 7.69. The van der Waals surface area contributed by atoms with Crippen molar-refractivity contribution >= 4 is 34.0 Å². The molecule has 6 nitrogen and oxygen atoms in total. The van der Waals surface area contributed by atoms with Crippen molar-refractivity contribution in [3.8, 4) is 6.07 Å². The fourth-order valence-corrected chi connectivity index (χ4v) is 5.94. The Morgan fingerprint density at radius 1 is 1.45 bits per heavy atom. The molecule has 0 aromatic carbocycles. The summed E-state index contributed by atoms with van der Waals surface area (Å²) in [5.74, 6) is 2.30. The largest absolute Gasteiger partial charge is 0.316 e. The van der Waals surface area contributed by atoms with Crippen molar-refractivity contribution in [2.24, 2.45) is 5.92 Å². The highest BCUT2D eigenvalue weighted by Gasteiger charge is 2.30. The van der Waals surface area contributed by atoms with Gasteiger partial charge in [-0.25, -0.2) is 0 Å². The van der Waals surface area contributed by atoms with Crippen LogP contribution in [-0.2, 0) is 24.2 Å². The van der Waals surface area contributed by atoms with E-state index in [9.17, 15) is 10.1 Å². The molecule has 1 N–H and O–H groups in total. The van der Waals surface area contributed by atoms with E-state index in [1.165, 1.54) is 16.6 Å². The lowest BCUT2D eigenvalue weighted by molar-refractivity contribution is -0.113. The van der Waals surface area contributed by atoms with Gasteiger partial charge in [0.15, 0.2) is 5.16 Å². The molecule has 1 saturated carbocycles. The van der Waals surface area contributed by atoms with Gasteiger partial charge >= 0.3 is 0 Å². The van der Waals surface area contributed by atoms with Crippen LogP contribution in [0, 0.1) is 17.2 Å². The van der Waals surface area contributed by atoms with Crippen LogP contribution in [0.5, 0.6) is 0 Å². The maximum Gasteiger partial charge on any atom is 0.235 e. The van der Waals surface area contributed by atoms with Crippen LogP contribution < -0.4 is 5.32 Å². The minimum absolute atomic E-state index is 0.113. The van der Waals surface area contributed by atoms with Crippen LogP contribution in [0.25, 0.3) is 0 Å². The molecule has 2 heterocycles. The quantitative estimate of drug-likeness (QED) is 0.495. The smallest absolute Gasteiger partial charge is 0.235 e. The molecule has 0 spiro atoms. The molecular formula is C21H25N5OS2. The molecule has 0 radical (unpaired) electrons. The average molecular weight is 428 g/mol. The van der Waals surface area contributed by atoms with Crippen LogP contribution >= 0.6 is 23.1 Å². The Morgan fingerprint density at radius 2 is 2.28 bits per heavy atom. The molecule has 0 saturated heterocycles. The summed E-state index contributed by atoms with van der Waals surface area (Å²) in [5, 5.41) is 22.6. The molecule has 2 aromatic rings. The number of nitriles is 1. The number of thiophene rings is 1. The van der Waals surface area contributed by atoms with Crippen molar-refractivity contribution < 1.29 is 4.79 Å². The zero-order valence-electron chi connectivity index (χ0n) is 16.6. The van der Waals surface area contributed by atoms with E-state index in [2.05, 4.69) is 39.7 Å². The molecule has 8 heteroatoms. The third kappa shape index (κ3) is 4.26. The third-order valence-corrected chi connectivity index (χ3v) is 7.78. The van der Waals surface area contributed by atoms with Crippen molar-refractivity contribution in [2.45, 2.75) is 63.1 Å². The first kappa shape index (κ1) is 20.2. The number of rotatable bonds is 8. The van der Waals surface area contributed by atoms with Gasteiger partial charge in [0.05, 0.1) is 11.3 Å². The molecule has 2 aliphatic rings. The van der Waals surface area contributed by atoms with Crippen LogP contribution in [0.4, 0.5) is 5.00 Å². The average Bonchev–Trinajstić information content (AvgIpc) is 3.40. The number of carbonyl (C=O) groups is 1. The van der Waals surface area contributed by atoms with E-state index < -0.39 is 0 Å². The molecule has 2 aliphatic carbocycles. The van der Waals surface area contributed by atoms with Gasteiger partial charge in [-0.15, -0.1) is 28.1 Å². The minimum Gasteiger partial charge on any atom is -0.316 e. The van der Waals surface area contributed by atoms with Gasteiger partial charge in [0.1, 0.15) is 16.9 Å². The van der Waals surface area contributed by atoms with Gasteiger partial charge in [0.25, 0.3) is 0 Å². The number of fused-ring (bicyclic) bond motifs is 1. The fraction of sp³-hybridized carbons (Fsp3) is 0.524. The summed E-state index contributed by atoms with van der Waals surface area (Å²) in [7, 11) is 0. The molecule has 1 fully saturated rings. The Kier molecular flexibility index (Phi) is 6.07. The summed E-state index contributed by atoms with van der Waals surface area (Å²) >= 11 is 2.96. The van der Waals surface area contributed by atoms with E-state index in [-0.39, 0.29) is 11.7 Å². The maximum atomic E-state index is 12.6. The van der Waals surface area contributed by atoms with Crippen molar-refractivity contribution in [1.29, 1.82) is 5.26 Å². The number of amides is 1. The Morgan fingerprint density at radius 3 is 2.97 bits per heavy atom. The highest BCUT2D eigenvalue weighted by molar-refractivity contribution is 7.99. The highest BCUT2D eigenvalue weighted by Crippen LogP contribution is 2.41. The van der Waals surface area contributed by atoms with Gasteiger partial charge < -0.3 is 9.88 Å². The van der Waals surface area contributed by atoms with Crippen LogP contribution in [0.1, 0.15) is 60.4 Å². The lowest BCUT2D eigenvalue weighted by atomic mass is 9.86. The molecule has 2 aromatic heterocycles. The Labute approximate surface area is 179 Å². The summed E-state index contributed by atoms with van der Waals surface area (Å²) in [6.07, 6.45) is 8.37. The van der Waals surface area contributed by atoms with Crippen LogP contribution in [-0.4, -0.2) is 26.4 Å². The second-order valence-corrected chi connectivity index (χ2v) is 9.74. The highest BCUT2D eigenvalue weighted by atomic mass is 32.2. The Balaban J connectivity index is 1.43. The molecule has 1 amide bonds. The predicted octanol–water partition coefficient (Wildman–Crippen LogP) is 4.52. The summed E-state index contributed by atoms with van der Waals surface area (Å²) in [4.78, 5) is 13.9. The first-order chi connectivity index (χ1) is 14.1. The van der Waals surface area contributed by atoms with Gasteiger partial charge in [-0.3, -0.25) is 4.79 Å². The molecule has 4 rings (SSSR count). The number of nitrogens with zero attached hydrogens (tertiary/aromatic N) is 4. The first-order valence-electron chi connectivity index (χ1n) is 10.2. The molecule has 1 atom stereocenters. The SMILES string of the molecule is C=CCn1c(SCC(=O)Nc2sc3c(c2C#N)CCC(CC)C3)nnc1C1CC1. The topological polar surface area (TPSA) is 83.6 Å². The van der Waals surface area contributed by atoms with E-state index in [1.807, 2.05) is 6.08 Å². The van der Waals surface area contributed by atoms with Gasteiger partial charge in [-0.05, 0) is 43.6 Å². The molecule has 1 unspecified atom stereocenters. The number of carbonyl (C=O) groups excluding carboxylic acids is 1.